The number of halogens is 1. The molecule has 0 fully saturated rings. The highest BCUT2D eigenvalue weighted by atomic mass is 79.9. The van der Waals surface area contributed by atoms with Crippen LogP contribution in [0.1, 0.15) is 28.4 Å². The SMILES string of the molecule is CCOc1ccc(C2=N/C(=C\c3ccc(OC(=O)c4cccc(Br)c4)c(OC)c3)C(=O)O2)cc1. The highest BCUT2D eigenvalue weighted by Gasteiger charge is 2.24. The number of benzene rings is 3. The molecule has 34 heavy (non-hydrogen) atoms. The van der Waals surface area contributed by atoms with Gasteiger partial charge in [0.25, 0.3) is 0 Å². The first kappa shape index (κ1) is 23.3. The van der Waals surface area contributed by atoms with E-state index in [1.165, 1.54) is 7.11 Å². The van der Waals surface area contributed by atoms with E-state index in [-0.39, 0.29) is 17.3 Å². The number of hydrogen-bond donors (Lipinski definition) is 0. The van der Waals surface area contributed by atoms with Gasteiger partial charge in [-0.25, -0.2) is 14.6 Å². The van der Waals surface area contributed by atoms with E-state index in [0.29, 0.717) is 29.0 Å². The van der Waals surface area contributed by atoms with Crippen LogP contribution in [-0.4, -0.2) is 31.6 Å². The third-order valence-electron chi connectivity index (χ3n) is 4.79. The molecule has 7 nitrogen and oxygen atoms in total. The summed E-state index contributed by atoms with van der Waals surface area (Å²) in [6, 6.07) is 18.9. The molecule has 1 aliphatic heterocycles. The van der Waals surface area contributed by atoms with Crippen molar-refractivity contribution in [3.05, 3.63) is 93.6 Å². The number of aliphatic imine (C=N–C) groups is 1. The van der Waals surface area contributed by atoms with Gasteiger partial charge in [0, 0.05) is 10.0 Å². The second kappa shape index (κ2) is 10.4. The van der Waals surface area contributed by atoms with Gasteiger partial charge in [0.2, 0.25) is 5.90 Å². The van der Waals surface area contributed by atoms with E-state index < -0.39 is 11.9 Å². The molecule has 4 rings (SSSR count). The third-order valence-corrected chi connectivity index (χ3v) is 5.28. The normalized spacial score (nSPS) is 13.9. The second-order valence-corrected chi connectivity index (χ2v) is 8.02. The lowest BCUT2D eigenvalue weighted by Crippen LogP contribution is -2.09. The van der Waals surface area contributed by atoms with E-state index >= 15 is 0 Å². The summed E-state index contributed by atoms with van der Waals surface area (Å²) >= 11 is 3.34. The molecule has 0 spiro atoms. The second-order valence-electron chi connectivity index (χ2n) is 7.10. The molecule has 0 amide bonds. The highest BCUT2D eigenvalue weighted by molar-refractivity contribution is 9.10. The standard InChI is InChI=1S/C26H20BrNO6/c1-3-32-20-10-8-17(9-11-20)24-28-21(26(30)34-24)13-16-7-12-22(23(14-16)31-2)33-25(29)18-5-4-6-19(27)15-18/h4-15H,3H2,1-2H3/b21-13-. The topological polar surface area (TPSA) is 83.4 Å². The fraction of sp³-hybridized carbons (Fsp3) is 0.115. The minimum absolute atomic E-state index is 0.143. The van der Waals surface area contributed by atoms with Gasteiger partial charge >= 0.3 is 11.9 Å². The minimum Gasteiger partial charge on any atom is -0.494 e. The summed E-state index contributed by atoms with van der Waals surface area (Å²) in [5.74, 6) is 0.440. The van der Waals surface area contributed by atoms with Crippen LogP contribution < -0.4 is 14.2 Å². The van der Waals surface area contributed by atoms with Gasteiger partial charge in [0.15, 0.2) is 17.2 Å². The number of methoxy groups -OCH3 is 1. The monoisotopic (exact) mass is 521 g/mol. The first-order valence-electron chi connectivity index (χ1n) is 10.4. The molecule has 172 valence electrons. The summed E-state index contributed by atoms with van der Waals surface area (Å²) < 4.78 is 22.4. The number of ether oxygens (including phenoxy) is 4. The van der Waals surface area contributed by atoms with Gasteiger partial charge in [-0.05, 0) is 73.2 Å². The van der Waals surface area contributed by atoms with E-state index in [9.17, 15) is 9.59 Å². The maximum Gasteiger partial charge on any atom is 0.363 e. The summed E-state index contributed by atoms with van der Waals surface area (Å²) in [4.78, 5) is 29.1. The average Bonchev–Trinajstić information content (AvgIpc) is 3.20. The Hall–Kier alpha value is -3.91. The van der Waals surface area contributed by atoms with Gasteiger partial charge in [0.05, 0.1) is 19.3 Å². The van der Waals surface area contributed by atoms with Crippen molar-refractivity contribution in [3.8, 4) is 17.2 Å². The Labute approximate surface area is 204 Å². The highest BCUT2D eigenvalue weighted by Crippen LogP contribution is 2.31. The molecular weight excluding hydrogens is 502 g/mol. The van der Waals surface area contributed by atoms with Gasteiger partial charge in [-0.3, -0.25) is 0 Å². The molecule has 0 N–H and O–H groups in total. The van der Waals surface area contributed by atoms with Crippen LogP contribution in [0.4, 0.5) is 0 Å². The Morgan fingerprint density at radius 2 is 1.85 bits per heavy atom. The van der Waals surface area contributed by atoms with Crippen molar-refractivity contribution in [2.75, 3.05) is 13.7 Å². The van der Waals surface area contributed by atoms with E-state index in [1.807, 2.05) is 13.0 Å². The number of carbonyl (C=O) groups excluding carboxylic acids is 2. The number of esters is 2. The van der Waals surface area contributed by atoms with Crippen molar-refractivity contribution in [1.82, 2.24) is 0 Å². The van der Waals surface area contributed by atoms with Crippen LogP contribution in [-0.2, 0) is 9.53 Å². The molecule has 0 radical (unpaired) electrons. The summed E-state index contributed by atoms with van der Waals surface area (Å²) in [5.41, 5.74) is 1.83. The van der Waals surface area contributed by atoms with Crippen LogP contribution in [0.15, 0.2) is 81.9 Å². The molecule has 3 aromatic carbocycles. The van der Waals surface area contributed by atoms with Crippen LogP contribution in [0.25, 0.3) is 6.08 Å². The van der Waals surface area contributed by atoms with Gasteiger partial charge in [-0.2, -0.15) is 0 Å². The zero-order valence-electron chi connectivity index (χ0n) is 18.4. The predicted octanol–water partition coefficient (Wildman–Crippen LogP) is 5.42. The molecule has 0 unspecified atom stereocenters. The van der Waals surface area contributed by atoms with Crippen LogP contribution >= 0.6 is 15.9 Å². The van der Waals surface area contributed by atoms with Crippen molar-refractivity contribution >= 4 is 39.8 Å². The lowest BCUT2D eigenvalue weighted by molar-refractivity contribution is -0.129. The van der Waals surface area contributed by atoms with Crippen molar-refractivity contribution in [2.45, 2.75) is 6.92 Å². The van der Waals surface area contributed by atoms with Crippen LogP contribution in [0.2, 0.25) is 0 Å². The molecule has 0 aliphatic carbocycles. The zero-order chi connectivity index (χ0) is 24.1. The molecule has 0 atom stereocenters. The van der Waals surface area contributed by atoms with E-state index in [0.717, 1.165) is 10.2 Å². The lowest BCUT2D eigenvalue weighted by atomic mass is 10.1. The molecule has 0 bridgehead atoms. The average molecular weight is 522 g/mol. The van der Waals surface area contributed by atoms with Crippen molar-refractivity contribution < 1.29 is 28.5 Å². The van der Waals surface area contributed by atoms with Gasteiger partial charge in [0.1, 0.15) is 5.75 Å². The number of hydrogen-bond acceptors (Lipinski definition) is 7. The first-order valence-corrected chi connectivity index (χ1v) is 11.2. The molecule has 0 aromatic heterocycles. The Morgan fingerprint density at radius 1 is 1.06 bits per heavy atom. The zero-order valence-corrected chi connectivity index (χ0v) is 20.0. The Morgan fingerprint density at radius 3 is 2.56 bits per heavy atom. The molecule has 3 aromatic rings. The number of nitrogens with zero attached hydrogens (tertiary/aromatic N) is 1. The lowest BCUT2D eigenvalue weighted by Gasteiger charge is -2.10. The summed E-state index contributed by atoms with van der Waals surface area (Å²) in [6.07, 6.45) is 1.58. The molecule has 1 aliphatic rings. The fourth-order valence-electron chi connectivity index (χ4n) is 3.18. The number of cyclic esters (lactones) is 1. The van der Waals surface area contributed by atoms with Gasteiger partial charge < -0.3 is 18.9 Å². The molecule has 0 saturated heterocycles. The summed E-state index contributed by atoms with van der Waals surface area (Å²) in [5, 5.41) is 0. The number of rotatable bonds is 7. The van der Waals surface area contributed by atoms with E-state index in [1.54, 1.807) is 66.7 Å². The van der Waals surface area contributed by atoms with Crippen LogP contribution in [0.3, 0.4) is 0 Å². The van der Waals surface area contributed by atoms with Crippen molar-refractivity contribution in [1.29, 1.82) is 0 Å². The smallest absolute Gasteiger partial charge is 0.363 e. The maximum absolute atomic E-state index is 12.5. The van der Waals surface area contributed by atoms with E-state index in [4.69, 9.17) is 18.9 Å². The molecule has 8 heteroatoms. The first-order chi connectivity index (χ1) is 16.5. The quantitative estimate of drug-likeness (QED) is 0.234. The maximum atomic E-state index is 12.5. The molecular formula is C26H20BrNO6. The van der Waals surface area contributed by atoms with Crippen LogP contribution in [0, 0.1) is 0 Å². The van der Waals surface area contributed by atoms with Crippen molar-refractivity contribution in [3.63, 3.8) is 0 Å². The summed E-state index contributed by atoms with van der Waals surface area (Å²) in [7, 11) is 1.47. The van der Waals surface area contributed by atoms with Crippen LogP contribution in [0.5, 0.6) is 17.2 Å². The molecule has 1 heterocycles. The Kier molecular flexibility index (Phi) is 7.08. The number of carbonyl (C=O) groups is 2. The van der Waals surface area contributed by atoms with Gasteiger partial charge in [-0.15, -0.1) is 0 Å². The van der Waals surface area contributed by atoms with Crippen molar-refractivity contribution in [2.24, 2.45) is 4.99 Å². The molecule has 0 saturated carbocycles. The van der Waals surface area contributed by atoms with Gasteiger partial charge in [-0.1, -0.05) is 28.1 Å². The summed E-state index contributed by atoms with van der Waals surface area (Å²) in [6.45, 7) is 2.47. The Bertz CT molecular complexity index is 1300. The minimum atomic E-state index is -0.562. The Balaban J connectivity index is 1.54. The third kappa shape index (κ3) is 5.35. The van der Waals surface area contributed by atoms with E-state index in [2.05, 4.69) is 20.9 Å². The fourth-order valence-corrected chi connectivity index (χ4v) is 3.58. The largest absolute Gasteiger partial charge is 0.494 e. The predicted molar refractivity (Wildman–Crippen MR) is 130 cm³/mol.